The Morgan fingerprint density at radius 3 is 2.17 bits per heavy atom. The van der Waals surface area contributed by atoms with Crippen molar-refractivity contribution in [2.45, 2.75) is 6.92 Å². The molecular formula is C32H29N5O5. The Morgan fingerprint density at radius 2 is 1.45 bits per heavy atom. The minimum absolute atomic E-state index is 0.0694. The molecule has 2 amide bonds. The molecule has 1 saturated heterocycles. The lowest BCUT2D eigenvalue weighted by atomic mass is 9.99. The summed E-state index contributed by atoms with van der Waals surface area (Å²) in [5, 5.41) is 3.25. The average Bonchev–Trinajstić information content (AvgIpc) is 3.71. The summed E-state index contributed by atoms with van der Waals surface area (Å²) in [4.78, 5) is 48.4. The van der Waals surface area contributed by atoms with E-state index in [0.717, 1.165) is 30.1 Å². The van der Waals surface area contributed by atoms with E-state index < -0.39 is 17.4 Å². The molecule has 3 aliphatic heterocycles. The summed E-state index contributed by atoms with van der Waals surface area (Å²) < 4.78 is 12.4. The van der Waals surface area contributed by atoms with E-state index in [1.807, 2.05) is 65.6 Å². The van der Waals surface area contributed by atoms with Gasteiger partial charge >= 0.3 is 0 Å². The maximum Gasteiger partial charge on any atom is 0.282 e. The summed E-state index contributed by atoms with van der Waals surface area (Å²) in [6.07, 6.45) is 0. The summed E-state index contributed by atoms with van der Waals surface area (Å²) in [5.74, 6) is -0.0210. The predicted molar refractivity (Wildman–Crippen MR) is 157 cm³/mol. The number of benzene rings is 3. The van der Waals surface area contributed by atoms with E-state index in [0.29, 0.717) is 41.7 Å². The fourth-order valence-electron chi connectivity index (χ4n) is 5.83. The number of H-pyrrole nitrogens is 1. The van der Waals surface area contributed by atoms with Crippen molar-refractivity contribution in [2.75, 3.05) is 44.4 Å². The number of para-hydroxylation sites is 1. The fraction of sp³-hybridized carbons (Fsp3) is 0.219. The van der Waals surface area contributed by atoms with Crippen molar-refractivity contribution in [1.29, 1.82) is 0 Å². The highest BCUT2D eigenvalue weighted by molar-refractivity contribution is 6.46. The first-order chi connectivity index (χ1) is 20.5. The summed E-state index contributed by atoms with van der Waals surface area (Å²) >= 11 is 0. The van der Waals surface area contributed by atoms with Gasteiger partial charge in [0.2, 0.25) is 6.79 Å². The van der Waals surface area contributed by atoms with E-state index in [1.54, 1.807) is 18.2 Å². The molecule has 0 saturated carbocycles. The molecule has 0 spiro atoms. The van der Waals surface area contributed by atoms with Gasteiger partial charge in [-0.05, 0) is 30.8 Å². The standard InChI is InChI=1S/C32H29N5O5/c1-2-34-15-17-35(18-16-34)29-27(30(38)36(32(29)40)23-13-14-24-25(19-23)42-20-41-24)26-28(21-9-5-3-6-10-21)33-37(31(26)39)22-11-7-4-8-12-22/h3-14,19,33H,2,15-18,20H2,1H3. The zero-order valence-corrected chi connectivity index (χ0v) is 23.1. The Morgan fingerprint density at radius 1 is 0.762 bits per heavy atom. The van der Waals surface area contributed by atoms with Gasteiger partial charge in [-0.15, -0.1) is 0 Å². The number of aromatic amines is 1. The van der Waals surface area contributed by atoms with Gasteiger partial charge in [-0.3, -0.25) is 19.5 Å². The highest BCUT2D eigenvalue weighted by Crippen LogP contribution is 2.41. The number of ether oxygens (including phenoxy) is 2. The molecule has 10 heteroatoms. The monoisotopic (exact) mass is 563 g/mol. The number of nitrogens with zero attached hydrogens (tertiary/aromatic N) is 4. The van der Waals surface area contributed by atoms with Crippen LogP contribution in [0, 0.1) is 0 Å². The number of carbonyl (C=O) groups is 2. The molecule has 1 N–H and O–H groups in total. The van der Waals surface area contributed by atoms with E-state index in [2.05, 4.69) is 16.9 Å². The van der Waals surface area contributed by atoms with Crippen LogP contribution in [-0.4, -0.2) is 70.9 Å². The van der Waals surface area contributed by atoms with Gasteiger partial charge in [-0.1, -0.05) is 55.5 Å². The Bertz CT molecular complexity index is 1770. The van der Waals surface area contributed by atoms with Crippen molar-refractivity contribution >= 4 is 23.1 Å². The number of hydrogen-bond acceptors (Lipinski definition) is 7. The molecule has 0 atom stereocenters. The molecule has 10 nitrogen and oxygen atoms in total. The van der Waals surface area contributed by atoms with Gasteiger partial charge in [0.05, 0.1) is 28.2 Å². The molecule has 0 radical (unpaired) electrons. The van der Waals surface area contributed by atoms with Crippen molar-refractivity contribution < 1.29 is 19.1 Å². The number of nitrogens with one attached hydrogen (secondary N) is 1. The van der Waals surface area contributed by atoms with Gasteiger partial charge < -0.3 is 19.3 Å². The van der Waals surface area contributed by atoms with Gasteiger partial charge in [0.15, 0.2) is 11.5 Å². The van der Waals surface area contributed by atoms with Crippen molar-refractivity contribution in [3.63, 3.8) is 0 Å². The Kier molecular flexibility index (Phi) is 6.39. The minimum atomic E-state index is -0.555. The van der Waals surface area contributed by atoms with E-state index in [9.17, 15) is 14.4 Å². The van der Waals surface area contributed by atoms with Crippen LogP contribution in [0.25, 0.3) is 22.5 Å². The van der Waals surface area contributed by atoms with E-state index in [1.165, 1.54) is 4.68 Å². The van der Waals surface area contributed by atoms with Crippen molar-refractivity contribution in [1.82, 2.24) is 19.6 Å². The second kappa shape index (κ2) is 10.4. The van der Waals surface area contributed by atoms with E-state index in [4.69, 9.17) is 9.47 Å². The third-order valence-electron chi connectivity index (χ3n) is 8.03. The first kappa shape index (κ1) is 25.8. The second-order valence-corrected chi connectivity index (χ2v) is 10.3. The SMILES string of the molecule is CCN1CCN(C2=C(c3c(-c4ccccc4)[nH]n(-c4ccccc4)c3=O)C(=O)N(c3ccc4c(c3)OCO4)C2=O)CC1. The quantitative estimate of drug-likeness (QED) is 0.359. The number of rotatable bonds is 6. The predicted octanol–water partition coefficient (Wildman–Crippen LogP) is 3.48. The lowest BCUT2D eigenvalue weighted by Crippen LogP contribution is -2.47. The number of amides is 2. The normalized spacial score (nSPS) is 17.1. The molecule has 3 aliphatic rings. The van der Waals surface area contributed by atoms with Crippen LogP contribution < -0.4 is 19.9 Å². The van der Waals surface area contributed by atoms with Gasteiger partial charge in [0.1, 0.15) is 5.70 Å². The fourth-order valence-corrected chi connectivity index (χ4v) is 5.83. The van der Waals surface area contributed by atoms with Crippen LogP contribution in [0.2, 0.25) is 0 Å². The molecule has 42 heavy (non-hydrogen) atoms. The number of hydrogen-bond donors (Lipinski definition) is 1. The molecule has 0 unspecified atom stereocenters. The molecular weight excluding hydrogens is 534 g/mol. The zero-order chi connectivity index (χ0) is 28.8. The van der Waals surface area contributed by atoms with Crippen LogP contribution in [0.3, 0.4) is 0 Å². The number of aromatic nitrogens is 2. The number of likely N-dealkylation sites (N-methyl/N-ethyl adjacent to an activating group) is 1. The van der Waals surface area contributed by atoms with Gasteiger partial charge in [-0.25, -0.2) is 9.58 Å². The molecule has 0 bridgehead atoms. The molecule has 4 heterocycles. The lowest BCUT2D eigenvalue weighted by molar-refractivity contribution is -0.120. The molecule has 3 aromatic carbocycles. The first-order valence-corrected chi connectivity index (χ1v) is 14.0. The van der Waals surface area contributed by atoms with Gasteiger partial charge in [0.25, 0.3) is 17.4 Å². The largest absolute Gasteiger partial charge is 0.454 e. The molecule has 7 rings (SSSR count). The molecule has 1 aromatic heterocycles. The van der Waals surface area contributed by atoms with Crippen LogP contribution in [-0.2, 0) is 9.59 Å². The van der Waals surface area contributed by atoms with Crippen molar-refractivity contribution in [3.05, 3.63) is 100 Å². The molecule has 4 aromatic rings. The zero-order valence-electron chi connectivity index (χ0n) is 23.1. The van der Waals surface area contributed by atoms with E-state index >= 15 is 0 Å². The summed E-state index contributed by atoms with van der Waals surface area (Å²) in [5.41, 5.74) is 2.26. The van der Waals surface area contributed by atoms with Crippen LogP contribution >= 0.6 is 0 Å². The van der Waals surface area contributed by atoms with Crippen LogP contribution in [0.15, 0.2) is 89.4 Å². The Balaban J connectivity index is 1.44. The number of fused-ring (bicyclic) bond motifs is 1. The number of imide groups is 1. The second-order valence-electron chi connectivity index (χ2n) is 10.3. The number of piperazine rings is 1. The maximum absolute atomic E-state index is 14.4. The topological polar surface area (TPSA) is 100 Å². The van der Waals surface area contributed by atoms with Crippen LogP contribution in [0.5, 0.6) is 11.5 Å². The van der Waals surface area contributed by atoms with Gasteiger partial charge in [-0.2, -0.15) is 0 Å². The van der Waals surface area contributed by atoms with E-state index in [-0.39, 0.29) is 23.6 Å². The average molecular weight is 564 g/mol. The highest BCUT2D eigenvalue weighted by atomic mass is 16.7. The van der Waals surface area contributed by atoms with Crippen LogP contribution in [0.4, 0.5) is 5.69 Å². The molecule has 0 aliphatic carbocycles. The highest BCUT2D eigenvalue weighted by Gasteiger charge is 2.45. The molecule has 1 fully saturated rings. The Labute approximate surface area is 242 Å². The first-order valence-electron chi connectivity index (χ1n) is 14.0. The lowest BCUT2D eigenvalue weighted by Gasteiger charge is -2.35. The number of anilines is 1. The number of carbonyl (C=O) groups excluding carboxylic acids is 2. The smallest absolute Gasteiger partial charge is 0.282 e. The van der Waals surface area contributed by atoms with Crippen LogP contribution in [0.1, 0.15) is 12.5 Å². The minimum Gasteiger partial charge on any atom is -0.454 e. The van der Waals surface area contributed by atoms with Crippen molar-refractivity contribution in [2.24, 2.45) is 0 Å². The summed E-state index contributed by atoms with van der Waals surface area (Å²) in [7, 11) is 0. The third kappa shape index (κ3) is 4.19. The third-order valence-corrected chi connectivity index (χ3v) is 8.03. The molecule has 212 valence electrons. The summed E-state index contributed by atoms with van der Waals surface area (Å²) in [6.45, 7) is 5.66. The summed E-state index contributed by atoms with van der Waals surface area (Å²) in [6, 6.07) is 23.5. The maximum atomic E-state index is 14.4. The Hall–Kier alpha value is -5.09. The van der Waals surface area contributed by atoms with Crippen molar-refractivity contribution in [3.8, 4) is 28.4 Å². The van der Waals surface area contributed by atoms with Gasteiger partial charge in [0, 0.05) is 37.8 Å².